The smallest absolute Gasteiger partial charge is 0.236 e. The average Bonchev–Trinajstić information content (AvgIpc) is 2.25. The molecule has 1 amide bonds. The van der Waals surface area contributed by atoms with Gasteiger partial charge in [-0.15, -0.1) is 0 Å². The van der Waals surface area contributed by atoms with E-state index in [1.54, 1.807) is 19.2 Å². The second-order valence-corrected chi connectivity index (χ2v) is 4.31. The first-order chi connectivity index (χ1) is 7.91. The van der Waals surface area contributed by atoms with E-state index in [0.29, 0.717) is 5.69 Å². The Bertz CT molecular complexity index is 374. The Kier molecular flexibility index (Phi) is 4.45. The number of pyridine rings is 1. The predicted molar refractivity (Wildman–Crippen MR) is 66.5 cm³/mol. The molecule has 0 saturated heterocycles. The summed E-state index contributed by atoms with van der Waals surface area (Å²) in [5, 5.41) is 9.36. The molecule has 1 unspecified atom stereocenters. The van der Waals surface area contributed by atoms with Gasteiger partial charge in [0.15, 0.2) is 0 Å². The van der Waals surface area contributed by atoms with E-state index in [0.717, 1.165) is 5.69 Å². The molecule has 0 radical (unpaired) electrons. The topological polar surface area (TPSA) is 79.5 Å². The van der Waals surface area contributed by atoms with E-state index in [2.05, 4.69) is 4.98 Å². The number of aliphatic hydroxyl groups excluding tert-OH is 1. The molecule has 1 heterocycles. The van der Waals surface area contributed by atoms with Crippen LogP contribution in [0.25, 0.3) is 0 Å². The molecule has 0 fully saturated rings. The maximum Gasteiger partial charge on any atom is 0.236 e. The highest BCUT2D eigenvalue weighted by atomic mass is 16.3. The van der Waals surface area contributed by atoms with Crippen molar-refractivity contribution in [3.05, 3.63) is 24.0 Å². The summed E-state index contributed by atoms with van der Waals surface area (Å²) in [6.45, 7) is 5.77. The average molecular weight is 237 g/mol. The lowest BCUT2D eigenvalue weighted by Crippen LogP contribution is -2.38. The lowest BCUT2D eigenvalue weighted by Gasteiger charge is -2.27. The van der Waals surface area contributed by atoms with E-state index in [1.165, 1.54) is 0 Å². The molecule has 0 bridgehead atoms. The molecule has 1 aromatic heterocycles. The molecule has 1 aromatic rings. The zero-order valence-corrected chi connectivity index (χ0v) is 10.4. The predicted octanol–water partition coefficient (Wildman–Crippen LogP) is 0.835. The van der Waals surface area contributed by atoms with Crippen LogP contribution in [0.15, 0.2) is 18.3 Å². The number of hydrogen-bond donors (Lipinski definition) is 2. The summed E-state index contributed by atoms with van der Waals surface area (Å²) >= 11 is 0. The summed E-state index contributed by atoms with van der Waals surface area (Å²) in [5.41, 5.74) is 6.64. The number of carbonyl (C=O) groups excluding carboxylic acids is 1. The van der Waals surface area contributed by atoms with Gasteiger partial charge in [-0.1, -0.05) is 0 Å². The van der Waals surface area contributed by atoms with Crippen molar-refractivity contribution >= 4 is 11.6 Å². The second-order valence-electron chi connectivity index (χ2n) is 4.31. The fraction of sp³-hybridized carbons (Fsp3) is 0.500. The molecule has 5 nitrogen and oxygen atoms in total. The number of aliphatic hydroxyl groups is 1. The van der Waals surface area contributed by atoms with Gasteiger partial charge < -0.3 is 15.7 Å². The molecule has 0 aliphatic rings. The van der Waals surface area contributed by atoms with Gasteiger partial charge in [-0.3, -0.25) is 9.78 Å². The maximum absolute atomic E-state index is 11.0. The fourth-order valence-corrected chi connectivity index (χ4v) is 1.55. The molecule has 94 valence electrons. The number of nitrogens with two attached hydrogens (primary N) is 1. The molecule has 0 saturated carbocycles. The number of aromatic nitrogens is 1. The summed E-state index contributed by atoms with van der Waals surface area (Å²) in [7, 11) is 0. The number of hydrogen-bond acceptors (Lipinski definition) is 4. The van der Waals surface area contributed by atoms with Gasteiger partial charge in [0.05, 0.1) is 30.2 Å². The van der Waals surface area contributed by atoms with Gasteiger partial charge >= 0.3 is 0 Å². The Morgan fingerprint density at radius 1 is 1.47 bits per heavy atom. The quantitative estimate of drug-likeness (QED) is 0.795. The van der Waals surface area contributed by atoms with Crippen LogP contribution in [-0.2, 0) is 4.79 Å². The molecular formula is C12H19N3O2. The van der Waals surface area contributed by atoms with Crippen molar-refractivity contribution in [1.29, 1.82) is 0 Å². The van der Waals surface area contributed by atoms with Crippen molar-refractivity contribution in [2.75, 3.05) is 11.4 Å². The molecular weight excluding hydrogens is 218 g/mol. The first-order valence-electron chi connectivity index (χ1n) is 5.60. The highest BCUT2D eigenvalue weighted by molar-refractivity contribution is 5.79. The van der Waals surface area contributed by atoms with E-state index >= 15 is 0 Å². The Morgan fingerprint density at radius 3 is 2.47 bits per heavy atom. The molecule has 0 aliphatic heterocycles. The maximum atomic E-state index is 11.0. The van der Waals surface area contributed by atoms with E-state index in [-0.39, 0.29) is 18.5 Å². The molecule has 3 N–H and O–H groups in total. The zero-order chi connectivity index (χ0) is 13.0. The van der Waals surface area contributed by atoms with Crippen molar-refractivity contribution in [2.24, 2.45) is 5.73 Å². The van der Waals surface area contributed by atoms with Gasteiger partial charge in [0, 0.05) is 6.04 Å². The Morgan fingerprint density at radius 2 is 2.12 bits per heavy atom. The summed E-state index contributed by atoms with van der Waals surface area (Å²) < 4.78 is 0. The number of nitrogens with zero attached hydrogens (tertiary/aromatic N) is 2. The van der Waals surface area contributed by atoms with Gasteiger partial charge in [0.25, 0.3) is 0 Å². The molecule has 0 aromatic carbocycles. The lowest BCUT2D eigenvalue weighted by molar-refractivity contribution is -0.116. The number of primary amides is 1. The largest absolute Gasteiger partial charge is 0.387 e. The Hall–Kier alpha value is -1.62. The van der Waals surface area contributed by atoms with Crippen molar-refractivity contribution in [1.82, 2.24) is 4.98 Å². The van der Waals surface area contributed by atoms with E-state index < -0.39 is 6.10 Å². The van der Waals surface area contributed by atoms with E-state index in [4.69, 9.17) is 5.73 Å². The minimum Gasteiger partial charge on any atom is -0.387 e. The first kappa shape index (κ1) is 13.4. The van der Waals surface area contributed by atoms with Crippen LogP contribution in [-0.4, -0.2) is 28.6 Å². The van der Waals surface area contributed by atoms with E-state index in [1.807, 2.05) is 24.8 Å². The normalized spacial score (nSPS) is 12.5. The Balaban J connectivity index is 2.91. The monoisotopic (exact) mass is 237 g/mol. The zero-order valence-electron chi connectivity index (χ0n) is 10.4. The van der Waals surface area contributed by atoms with Crippen LogP contribution in [0.3, 0.4) is 0 Å². The van der Waals surface area contributed by atoms with Crippen LogP contribution in [0.2, 0.25) is 0 Å². The molecule has 1 atom stereocenters. The summed E-state index contributed by atoms with van der Waals surface area (Å²) in [6.07, 6.45) is 1.05. The van der Waals surface area contributed by atoms with Crippen LogP contribution in [0, 0.1) is 0 Å². The van der Waals surface area contributed by atoms with Gasteiger partial charge in [-0.25, -0.2) is 0 Å². The van der Waals surface area contributed by atoms with Gasteiger partial charge in [0.2, 0.25) is 5.91 Å². The SMILES string of the molecule is CC(O)c1ccc(N(CC(N)=O)C(C)C)cn1. The van der Waals surface area contributed by atoms with Gasteiger partial charge in [0.1, 0.15) is 0 Å². The third kappa shape index (κ3) is 3.71. The van der Waals surface area contributed by atoms with Gasteiger partial charge in [-0.05, 0) is 32.9 Å². The summed E-state index contributed by atoms with van der Waals surface area (Å²) in [4.78, 5) is 17.0. The van der Waals surface area contributed by atoms with Crippen molar-refractivity contribution in [2.45, 2.75) is 32.9 Å². The van der Waals surface area contributed by atoms with Crippen LogP contribution in [0.4, 0.5) is 5.69 Å². The summed E-state index contributed by atoms with van der Waals surface area (Å²) in [5.74, 6) is -0.377. The molecule has 1 rings (SSSR count). The van der Waals surface area contributed by atoms with Crippen LogP contribution < -0.4 is 10.6 Å². The molecule has 5 heteroatoms. The lowest BCUT2D eigenvalue weighted by atomic mass is 10.2. The first-order valence-corrected chi connectivity index (χ1v) is 5.60. The number of amides is 1. The highest BCUT2D eigenvalue weighted by Gasteiger charge is 2.13. The van der Waals surface area contributed by atoms with E-state index in [9.17, 15) is 9.90 Å². The third-order valence-corrected chi connectivity index (χ3v) is 2.48. The van der Waals surface area contributed by atoms with Crippen molar-refractivity contribution in [3.8, 4) is 0 Å². The second kappa shape index (κ2) is 5.63. The van der Waals surface area contributed by atoms with Gasteiger partial charge in [-0.2, -0.15) is 0 Å². The molecule has 17 heavy (non-hydrogen) atoms. The Labute approximate surface area is 101 Å². The van der Waals surface area contributed by atoms with Crippen LogP contribution >= 0.6 is 0 Å². The fourth-order valence-electron chi connectivity index (χ4n) is 1.55. The number of rotatable bonds is 5. The van der Waals surface area contributed by atoms with Crippen molar-refractivity contribution in [3.63, 3.8) is 0 Å². The minimum absolute atomic E-state index is 0.154. The standard InChI is InChI=1S/C12H19N3O2/c1-8(2)15(7-12(13)17)10-4-5-11(9(3)16)14-6-10/h4-6,8-9,16H,7H2,1-3H3,(H2,13,17). The molecule has 0 spiro atoms. The molecule has 0 aliphatic carbocycles. The number of carbonyl (C=O) groups is 1. The van der Waals surface area contributed by atoms with Crippen LogP contribution in [0.5, 0.6) is 0 Å². The number of anilines is 1. The van der Waals surface area contributed by atoms with Crippen molar-refractivity contribution < 1.29 is 9.90 Å². The third-order valence-electron chi connectivity index (χ3n) is 2.48. The van der Waals surface area contributed by atoms with Crippen LogP contribution in [0.1, 0.15) is 32.6 Å². The summed E-state index contributed by atoms with van der Waals surface area (Å²) in [6, 6.07) is 3.73. The minimum atomic E-state index is -0.590. The highest BCUT2D eigenvalue weighted by Crippen LogP contribution is 2.18.